The van der Waals surface area contributed by atoms with Crippen LogP contribution in [0.3, 0.4) is 0 Å². The average molecular weight is 245 g/mol. The molecule has 0 spiro atoms. The first-order chi connectivity index (χ1) is 7.98. The Labute approximate surface area is 96.1 Å². The molecule has 0 unspecified atom stereocenters. The molecule has 2 rings (SSSR count). The molecule has 5 heteroatoms. The fraction of sp³-hybridized carbons (Fsp3) is 0.333. The van der Waals surface area contributed by atoms with Crippen LogP contribution >= 0.6 is 0 Å². The van der Waals surface area contributed by atoms with E-state index in [1.807, 2.05) is 6.08 Å². The number of alkyl halides is 3. The monoisotopic (exact) mass is 245 g/mol. The van der Waals surface area contributed by atoms with Crippen LogP contribution in [0.4, 0.5) is 17.6 Å². The van der Waals surface area contributed by atoms with Gasteiger partial charge in [0.2, 0.25) is 0 Å². The lowest BCUT2D eigenvalue weighted by Gasteiger charge is -2.15. The molecular weight excluding hydrogens is 234 g/mol. The molecule has 17 heavy (non-hydrogen) atoms. The predicted octanol–water partition coefficient (Wildman–Crippen LogP) is 3.22. The molecule has 0 atom stereocenters. The third kappa shape index (κ3) is 2.66. The van der Waals surface area contributed by atoms with E-state index in [1.54, 1.807) is 0 Å². The van der Waals surface area contributed by atoms with Crippen molar-refractivity contribution in [2.45, 2.75) is 12.6 Å². The van der Waals surface area contributed by atoms with E-state index >= 15 is 0 Å². The maximum Gasteiger partial charge on any atom is 0.419 e. The molecule has 0 saturated heterocycles. The van der Waals surface area contributed by atoms with Gasteiger partial charge in [0.25, 0.3) is 0 Å². The molecule has 0 aromatic heterocycles. The van der Waals surface area contributed by atoms with Gasteiger partial charge in [-0.2, -0.15) is 13.2 Å². The molecule has 1 N–H and O–H groups in total. The van der Waals surface area contributed by atoms with Crippen molar-refractivity contribution in [2.75, 3.05) is 13.1 Å². The van der Waals surface area contributed by atoms with Gasteiger partial charge in [0.1, 0.15) is 5.82 Å². The SMILES string of the molecule is Fc1cc(C2=CCNCC2)ccc1C(F)(F)F. The summed E-state index contributed by atoms with van der Waals surface area (Å²) >= 11 is 0. The van der Waals surface area contributed by atoms with Gasteiger partial charge in [-0.3, -0.25) is 0 Å². The van der Waals surface area contributed by atoms with Gasteiger partial charge in [0.05, 0.1) is 5.56 Å². The van der Waals surface area contributed by atoms with Crippen LogP contribution in [-0.2, 0) is 6.18 Å². The highest BCUT2D eigenvalue weighted by molar-refractivity contribution is 5.67. The van der Waals surface area contributed by atoms with Crippen LogP contribution in [-0.4, -0.2) is 13.1 Å². The molecule has 0 saturated carbocycles. The first-order valence-electron chi connectivity index (χ1n) is 5.25. The van der Waals surface area contributed by atoms with Gasteiger partial charge >= 0.3 is 6.18 Å². The lowest BCUT2D eigenvalue weighted by molar-refractivity contribution is -0.140. The van der Waals surface area contributed by atoms with Crippen molar-refractivity contribution in [2.24, 2.45) is 0 Å². The molecule has 1 heterocycles. The maximum absolute atomic E-state index is 13.3. The van der Waals surface area contributed by atoms with Gasteiger partial charge < -0.3 is 5.32 Å². The number of nitrogens with one attached hydrogen (secondary N) is 1. The fourth-order valence-electron chi connectivity index (χ4n) is 1.83. The molecule has 0 aliphatic carbocycles. The van der Waals surface area contributed by atoms with E-state index in [-0.39, 0.29) is 0 Å². The summed E-state index contributed by atoms with van der Waals surface area (Å²) in [5, 5.41) is 3.08. The van der Waals surface area contributed by atoms with Crippen LogP contribution in [0.5, 0.6) is 0 Å². The van der Waals surface area contributed by atoms with Crippen molar-refractivity contribution < 1.29 is 17.6 Å². The maximum atomic E-state index is 13.3. The van der Waals surface area contributed by atoms with Crippen LogP contribution in [0, 0.1) is 5.82 Å². The minimum atomic E-state index is -4.63. The lowest BCUT2D eigenvalue weighted by Crippen LogP contribution is -2.20. The third-order valence-electron chi connectivity index (χ3n) is 2.71. The predicted molar refractivity (Wildman–Crippen MR) is 56.9 cm³/mol. The summed E-state index contributed by atoms with van der Waals surface area (Å²) in [7, 11) is 0. The van der Waals surface area contributed by atoms with Crippen molar-refractivity contribution >= 4 is 5.57 Å². The minimum absolute atomic E-state index is 0.525. The van der Waals surface area contributed by atoms with Gasteiger partial charge in [-0.1, -0.05) is 12.1 Å². The zero-order chi connectivity index (χ0) is 12.5. The molecule has 1 aromatic rings. The Hall–Kier alpha value is -1.36. The summed E-state index contributed by atoms with van der Waals surface area (Å²) in [6, 6.07) is 3.08. The smallest absolute Gasteiger partial charge is 0.313 e. The van der Waals surface area contributed by atoms with E-state index in [9.17, 15) is 17.6 Å². The summed E-state index contributed by atoms with van der Waals surface area (Å²) in [4.78, 5) is 0. The Balaban J connectivity index is 2.34. The summed E-state index contributed by atoms with van der Waals surface area (Å²) in [5.41, 5.74) is 0.198. The molecule has 1 aliphatic heterocycles. The van der Waals surface area contributed by atoms with E-state index in [0.29, 0.717) is 18.5 Å². The van der Waals surface area contributed by atoms with Gasteiger partial charge in [0.15, 0.2) is 0 Å². The van der Waals surface area contributed by atoms with E-state index < -0.39 is 17.6 Å². The average Bonchev–Trinajstić information content (AvgIpc) is 2.28. The molecule has 0 amide bonds. The number of benzene rings is 1. The first kappa shape index (κ1) is 12.1. The Bertz CT molecular complexity index is 448. The van der Waals surface area contributed by atoms with Crippen molar-refractivity contribution in [3.05, 3.63) is 41.2 Å². The quantitative estimate of drug-likeness (QED) is 0.749. The van der Waals surface area contributed by atoms with Gasteiger partial charge in [-0.05, 0) is 36.2 Å². The van der Waals surface area contributed by atoms with Crippen molar-refractivity contribution in [1.29, 1.82) is 0 Å². The first-order valence-corrected chi connectivity index (χ1v) is 5.25. The summed E-state index contributed by atoms with van der Waals surface area (Å²) in [5.74, 6) is -1.21. The second-order valence-corrected chi connectivity index (χ2v) is 3.88. The van der Waals surface area contributed by atoms with Gasteiger partial charge in [-0.15, -0.1) is 0 Å². The van der Waals surface area contributed by atoms with Gasteiger partial charge in [0, 0.05) is 6.54 Å². The standard InChI is InChI=1S/C12H11F4N/c13-11-7-9(8-3-5-17-6-4-8)1-2-10(11)12(14,15)16/h1-3,7,17H,4-6H2. The number of halogens is 4. The molecular formula is C12H11F4N. The molecule has 0 radical (unpaired) electrons. The van der Waals surface area contributed by atoms with Gasteiger partial charge in [-0.25, -0.2) is 4.39 Å². The number of hydrogen-bond donors (Lipinski definition) is 1. The zero-order valence-corrected chi connectivity index (χ0v) is 8.94. The van der Waals surface area contributed by atoms with Crippen LogP contribution in [0.2, 0.25) is 0 Å². The fourth-order valence-corrected chi connectivity index (χ4v) is 1.83. The van der Waals surface area contributed by atoms with Crippen LogP contribution < -0.4 is 5.32 Å². The minimum Gasteiger partial charge on any atom is -0.313 e. The molecule has 0 bridgehead atoms. The number of rotatable bonds is 1. The lowest BCUT2D eigenvalue weighted by atomic mass is 9.99. The van der Waals surface area contributed by atoms with Crippen LogP contribution in [0.25, 0.3) is 5.57 Å². The van der Waals surface area contributed by atoms with E-state index in [2.05, 4.69) is 5.32 Å². The van der Waals surface area contributed by atoms with Crippen LogP contribution in [0.1, 0.15) is 17.5 Å². The molecule has 1 aromatic carbocycles. The highest BCUT2D eigenvalue weighted by Crippen LogP contribution is 2.33. The second-order valence-electron chi connectivity index (χ2n) is 3.88. The summed E-state index contributed by atoms with van der Waals surface area (Å²) in [6.07, 6.45) is -2.07. The topological polar surface area (TPSA) is 12.0 Å². The molecule has 0 fully saturated rings. The van der Waals surface area contributed by atoms with Crippen molar-refractivity contribution in [3.63, 3.8) is 0 Å². The summed E-state index contributed by atoms with van der Waals surface area (Å²) < 4.78 is 50.4. The zero-order valence-electron chi connectivity index (χ0n) is 8.94. The normalized spacial score (nSPS) is 16.8. The molecule has 1 aliphatic rings. The summed E-state index contributed by atoms with van der Waals surface area (Å²) in [6.45, 7) is 1.42. The Morgan fingerprint density at radius 1 is 1.18 bits per heavy atom. The highest BCUT2D eigenvalue weighted by atomic mass is 19.4. The third-order valence-corrected chi connectivity index (χ3v) is 2.71. The molecule has 1 nitrogen and oxygen atoms in total. The second kappa shape index (κ2) is 4.49. The van der Waals surface area contributed by atoms with Crippen molar-refractivity contribution in [1.82, 2.24) is 5.32 Å². The molecule has 92 valence electrons. The number of hydrogen-bond acceptors (Lipinski definition) is 1. The van der Waals surface area contributed by atoms with E-state index in [4.69, 9.17) is 0 Å². The largest absolute Gasteiger partial charge is 0.419 e. The Kier molecular flexibility index (Phi) is 3.19. The van der Waals surface area contributed by atoms with Crippen LogP contribution in [0.15, 0.2) is 24.3 Å². The Morgan fingerprint density at radius 2 is 1.94 bits per heavy atom. The highest BCUT2D eigenvalue weighted by Gasteiger charge is 2.33. The van der Waals surface area contributed by atoms with E-state index in [1.165, 1.54) is 6.07 Å². The van der Waals surface area contributed by atoms with Crippen molar-refractivity contribution in [3.8, 4) is 0 Å². The Morgan fingerprint density at radius 3 is 2.47 bits per heavy atom. The van der Waals surface area contributed by atoms with E-state index in [0.717, 1.165) is 24.3 Å².